The van der Waals surface area contributed by atoms with Crippen LogP contribution in [-0.4, -0.2) is 21.9 Å². The van der Waals surface area contributed by atoms with Gasteiger partial charge >= 0.3 is 0 Å². The van der Waals surface area contributed by atoms with Crippen molar-refractivity contribution in [2.24, 2.45) is 22.7 Å². The van der Waals surface area contributed by atoms with Crippen LogP contribution in [0.15, 0.2) is 34.7 Å². The molecule has 2 N–H and O–H groups in total. The maximum Gasteiger partial charge on any atom is 0.0937 e. The van der Waals surface area contributed by atoms with Gasteiger partial charge in [-0.1, -0.05) is 25.5 Å². The lowest BCUT2D eigenvalue weighted by Gasteiger charge is -2.61. The molecule has 0 radical (unpaired) electrons. The molecule has 0 aliphatic heterocycles. The molecule has 3 nitrogen and oxygen atoms in total. The van der Waals surface area contributed by atoms with E-state index in [2.05, 4.69) is 26.0 Å². The zero-order valence-electron chi connectivity index (χ0n) is 16.1. The first kappa shape index (κ1) is 17.1. The molecule has 1 aromatic heterocycles. The Hall–Kier alpha value is -1.06. The normalized spacial score (nSPS) is 50.5. The number of rotatable bonds is 1. The summed E-state index contributed by atoms with van der Waals surface area (Å²) in [6.07, 6.45) is 13.9. The summed E-state index contributed by atoms with van der Waals surface area (Å²) in [6.45, 7) is 4.75. The maximum atomic E-state index is 12.1. The summed E-state index contributed by atoms with van der Waals surface area (Å²) in [5.74, 6) is 1.30. The molecule has 0 saturated heterocycles. The quantitative estimate of drug-likeness (QED) is 0.711. The SMILES string of the molecule is C[C@]12CCC(O)CC1=CC[C@@H]1[C@H]2CC[C@]2(C)C(c3ccoc3)CC[C@@]12O. The second-order valence-corrected chi connectivity index (χ2v) is 10.0. The van der Waals surface area contributed by atoms with Crippen molar-refractivity contribution in [3.63, 3.8) is 0 Å². The van der Waals surface area contributed by atoms with Crippen LogP contribution in [-0.2, 0) is 0 Å². The molecule has 142 valence electrons. The van der Waals surface area contributed by atoms with E-state index in [1.54, 1.807) is 6.26 Å². The maximum absolute atomic E-state index is 12.1. The minimum Gasteiger partial charge on any atom is -0.472 e. The Morgan fingerprint density at radius 3 is 2.69 bits per heavy atom. The van der Waals surface area contributed by atoms with Gasteiger partial charge in [-0.2, -0.15) is 0 Å². The van der Waals surface area contributed by atoms with Gasteiger partial charge in [-0.05, 0) is 86.2 Å². The first-order chi connectivity index (χ1) is 12.4. The summed E-state index contributed by atoms with van der Waals surface area (Å²) in [6, 6.07) is 2.09. The smallest absolute Gasteiger partial charge is 0.0937 e. The third-order valence-corrected chi connectivity index (χ3v) is 9.21. The number of hydrogen-bond acceptors (Lipinski definition) is 3. The fourth-order valence-corrected chi connectivity index (χ4v) is 7.61. The van der Waals surface area contributed by atoms with E-state index in [-0.39, 0.29) is 16.9 Å². The second kappa shape index (κ2) is 5.48. The highest BCUT2D eigenvalue weighted by atomic mass is 16.3. The monoisotopic (exact) mass is 356 g/mol. The molecule has 0 bridgehead atoms. The molecule has 4 aliphatic rings. The van der Waals surface area contributed by atoms with E-state index in [4.69, 9.17) is 4.42 Å². The molecule has 1 heterocycles. The van der Waals surface area contributed by atoms with Gasteiger partial charge in [-0.15, -0.1) is 0 Å². The van der Waals surface area contributed by atoms with Crippen molar-refractivity contribution in [3.8, 4) is 0 Å². The van der Waals surface area contributed by atoms with Crippen LogP contribution in [0.3, 0.4) is 0 Å². The first-order valence-corrected chi connectivity index (χ1v) is 10.5. The van der Waals surface area contributed by atoms with Crippen LogP contribution in [0.5, 0.6) is 0 Å². The number of furan rings is 1. The van der Waals surface area contributed by atoms with Crippen LogP contribution in [0.25, 0.3) is 0 Å². The predicted octanol–water partition coefficient (Wildman–Crippen LogP) is 4.80. The molecule has 0 spiro atoms. The van der Waals surface area contributed by atoms with Gasteiger partial charge in [-0.3, -0.25) is 0 Å². The van der Waals surface area contributed by atoms with E-state index >= 15 is 0 Å². The average molecular weight is 357 g/mol. The Bertz CT molecular complexity index is 722. The number of fused-ring (bicyclic) bond motifs is 5. The standard InChI is InChI=1S/C23H32O3/c1-21-9-5-17(24)13-16(21)3-4-20-19(21)6-10-22(2)18(7-11-23(20,22)25)15-8-12-26-14-15/h3,8,12,14,17-20,24-25H,4-7,9-11,13H2,1-2H3/t17?,18?,19-,20-,21+,22-,23-/m1/s1. The fourth-order valence-electron chi connectivity index (χ4n) is 7.61. The van der Waals surface area contributed by atoms with Crippen molar-refractivity contribution in [1.82, 2.24) is 0 Å². The van der Waals surface area contributed by atoms with Crippen LogP contribution >= 0.6 is 0 Å². The van der Waals surface area contributed by atoms with E-state index < -0.39 is 5.60 Å². The van der Waals surface area contributed by atoms with Crippen LogP contribution in [0, 0.1) is 22.7 Å². The largest absolute Gasteiger partial charge is 0.472 e. The number of hydrogen-bond donors (Lipinski definition) is 2. The van der Waals surface area contributed by atoms with Crippen molar-refractivity contribution >= 4 is 0 Å². The molecule has 4 aliphatic carbocycles. The molecule has 3 saturated carbocycles. The fraction of sp³-hybridized carbons (Fsp3) is 0.739. The summed E-state index contributed by atoms with van der Waals surface area (Å²) in [4.78, 5) is 0. The summed E-state index contributed by atoms with van der Waals surface area (Å²) < 4.78 is 5.37. The van der Waals surface area contributed by atoms with Gasteiger partial charge in [0.25, 0.3) is 0 Å². The van der Waals surface area contributed by atoms with Gasteiger partial charge < -0.3 is 14.6 Å². The molecule has 0 amide bonds. The van der Waals surface area contributed by atoms with Crippen molar-refractivity contribution in [1.29, 1.82) is 0 Å². The van der Waals surface area contributed by atoms with Gasteiger partial charge in [0, 0.05) is 5.41 Å². The van der Waals surface area contributed by atoms with Crippen molar-refractivity contribution in [3.05, 3.63) is 35.8 Å². The molecule has 26 heavy (non-hydrogen) atoms. The number of allylic oxidation sites excluding steroid dienone is 1. The molecule has 3 heteroatoms. The summed E-state index contributed by atoms with van der Waals surface area (Å²) in [5.41, 5.74) is 2.26. The predicted molar refractivity (Wildman–Crippen MR) is 101 cm³/mol. The Kier molecular flexibility index (Phi) is 3.60. The summed E-state index contributed by atoms with van der Waals surface area (Å²) >= 11 is 0. The number of aliphatic hydroxyl groups is 2. The van der Waals surface area contributed by atoms with Crippen LogP contribution < -0.4 is 0 Å². The van der Waals surface area contributed by atoms with Gasteiger partial charge in [0.1, 0.15) is 0 Å². The molecule has 2 unspecified atom stereocenters. The molecular weight excluding hydrogens is 324 g/mol. The van der Waals surface area contributed by atoms with Gasteiger partial charge in [-0.25, -0.2) is 0 Å². The molecular formula is C23H32O3. The van der Waals surface area contributed by atoms with E-state index in [1.165, 1.54) is 17.6 Å². The highest BCUT2D eigenvalue weighted by Crippen LogP contribution is 2.69. The van der Waals surface area contributed by atoms with Gasteiger partial charge in [0.15, 0.2) is 0 Å². The summed E-state index contributed by atoms with van der Waals surface area (Å²) in [7, 11) is 0. The van der Waals surface area contributed by atoms with Crippen LogP contribution in [0.1, 0.15) is 76.7 Å². The first-order valence-electron chi connectivity index (χ1n) is 10.5. The third kappa shape index (κ3) is 2.02. The topological polar surface area (TPSA) is 53.6 Å². The average Bonchev–Trinajstić information content (AvgIpc) is 3.21. The molecule has 0 aromatic carbocycles. The van der Waals surface area contributed by atoms with E-state index in [0.29, 0.717) is 17.8 Å². The van der Waals surface area contributed by atoms with Crippen LogP contribution in [0.2, 0.25) is 0 Å². The summed E-state index contributed by atoms with van der Waals surface area (Å²) in [5, 5.41) is 22.2. The Labute approximate surface area is 156 Å². The zero-order chi connectivity index (χ0) is 18.2. The highest BCUT2D eigenvalue weighted by Gasteiger charge is 2.66. The van der Waals surface area contributed by atoms with Crippen molar-refractivity contribution in [2.45, 2.75) is 82.8 Å². The highest BCUT2D eigenvalue weighted by molar-refractivity contribution is 5.31. The lowest BCUT2D eigenvalue weighted by Crippen LogP contribution is -2.60. The van der Waals surface area contributed by atoms with Crippen molar-refractivity contribution in [2.75, 3.05) is 0 Å². The minimum atomic E-state index is -0.584. The van der Waals surface area contributed by atoms with Crippen molar-refractivity contribution < 1.29 is 14.6 Å². The Balaban J connectivity index is 1.53. The lowest BCUT2D eigenvalue weighted by atomic mass is 9.45. The second-order valence-electron chi connectivity index (χ2n) is 10.0. The lowest BCUT2D eigenvalue weighted by molar-refractivity contribution is -0.172. The van der Waals surface area contributed by atoms with E-state index in [0.717, 1.165) is 44.9 Å². The van der Waals surface area contributed by atoms with E-state index in [9.17, 15) is 10.2 Å². The number of aliphatic hydroxyl groups excluding tert-OH is 1. The van der Waals surface area contributed by atoms with Gasteiger partial charge in [0.2, 0.25) is 0 Å². The zero-order valence-corrected chi connectivity index (χ0v) is 16.1. The molecule has 7 atom stereocenters. The minimum absolute atomic E-state index is 0.0616. The third-order valence-electron chi connectivity index (χ3n) is 9.21. The Morgan fingerprint density at radius 2 is 1.92 bits per heavy atom. The Morgan fingerprint density at radius 1 is 1.08 bits per heavy atom. The van der Waals surface area contributed by atoms with Crippen LogP contribution in [0.4, 0.5) is 0 Å². The molecule has 5 rings (SSSR count). The molecule has 1 aromatic rings. The molecule has 3 fully saturated rings. The van der Waals surface area contributed by atoms with E-state index in [1.807, 2.05) is 6.26 Å². The van der Waals surface area contributed by atoms with Gasteiger partial charge in [0.05, 0.1) is 24.2 Å².